The molecular formula is C32H48F6N4O4SSi2. The topological polar surface area (TPSA) is 106 Å². The summed E-state index contributed by atoms with van der Waals surface area (Å²) in [6.07, 6.45) is 2.57. The van der Waals surface area contributed by atoms with Crippen LogP contribution in [-0.4, -0.2) is 52.3 Å². The minimum atomic E-state index is -5.48. The normalized spacial score (nSPS) is 17.1. The number of halogens is 6. The van der Waals surface area contributed by atoms with E-state index < -0.39 is 49.0 Å². The van der Waals surface area contributed by atoms with Crippen molar-refractivity contribution in [2.24, 2.45) is 0 Å². The largest absolute Gasteiger partial charge is 0.522 e. The molecule has 0 aliphatic heterocycles. The van der Waals surface area contributed by atoms with Crippen molar-refractivity contribution in [2.75, 3.05) is 5.32 Å². The van der Waals surface area contributed by atoms with Crippen molar-refractivity contribution in [1.82, 2.24) is 9.55 Å². The predicted octanol–water partition coefficient (Wildman–Crippen LogP) is 9.70. The molecule has 0 radical (unpaired) electrons. The van der Waals surface area contributed by atoms with Crippen LogP contribution in [0.15, 0.2) is 36.8 Å². The zero-order valence-corrected chi connectivity index (χ0v) is 32.7. The maximum atomic E-state index is 13.3. The van der Waals surface area contributed by atoms with Crippen molar-refractivity contribution >= 4 is 38.0 Å². The van der Waals surface area contributed by atoms with Crippen molar-refractivity contribution < 1.29 is 43.1 Å². The first-order valence-electron chi connectivity index (χ1n) is 15.7. The summed E-state index contributed by atoms with van der Waals surface area (Å²) in [6, 6.07) is 5.34. The molecule has 0 spiro atoms. The van der Waals surface area contributed by atoms with Crippen LogP contribution in [0, 0.1) is 11.3 Å². The minimum Gasteiger partial charge on any atom is -0.412 e. The number of alkyl halides is 6. The Morgan fingerprint density at radius 3 is 2.08 bits per heavy atom. The average molecular weight is 755 g/mol. The Balaban J connectivity index is 0.000000469. The van der Waals surface area contributed by atoms with Gasteiger partial charge in [-0.05, 0) is 79.8 Å². The maximum Gasteiger partial charge on any atom is 0.522 e. The van der Waals surface area contributed by atoms with Gasteiger partial charge in [0.1, 0.15) is 0 Å². The van der Waals surface area contributed by atoms with Gasteiger partial charge in [-0.3, -0.25) is 0 Å². The van der Waals surface area contributed by atoms with E-state index in [9.17, 15) is 34.8 Å². The SMILES string of the molecule is CC(C)(C)[Si](C)(C)OS(=O)(=O)C(F)(F)F.CC(Cn1cncc1C1=CCC(Nc2ccc(C#N)c(C(F)(F)F)c2)C1)O[Si](C)(C)C(C)(C)C. The lowest BCUT2D eigenvalue weighted by Crippen LogP contribution is -2.45. The van der Waals surface area contributed by atoms with E-state index >= 15 is 0 Å². The van der Waals surface area contributed by atoms with Crippen molar-refractivity contribution in [1.29, 1.82) is 5.26 Å². The minimum absolute atomic E-state index is 0.0317. The number of hydrogen-bond donors (Lipinski definition) is 1. The fourth-order valence-corrected chi connectivity index (χ4v) is 9.42. The van der Waals surface area contributed by atoms with Gasteiger partial charge in [0.05, 0.1) is 41.5 Å². The number of imidazole rings is 1. The molecule has 17 heteroatoms. The first-order valence-corrected chi connectivity index (χ1v) is 22.9. The molecule has 1 heterocycles. The molecule has 1 N–H and O–H groups in total. The van der Waals surface area contributed by atoms with E-state index in [1.54, 1.807) is 33.2 Å². The highest BCUT2D eigenvalue weighted by Crippen LogP contribution is 2.41. The maximum absolute atomic E-state index is 13.3. The van der Waals surface area contributed by atoms with Gasteiger partial charge in [-0.2, -0.15) is 40.0 Å². The Labute approximate surface area is 288 Å². The van der Waals surface area contributed by atoms with E-state index in [-0.39, 0.29) is 22.7 Å². The first kappa shape index (κ1) is 42.5. The summed E-state index contributed by atoms with van der Waals surface area (Å²) in [5, 5.41) is 11.7. The molecule has 1 aromatic heterocycles. The molecule has 2 atom stereocenters. The lowest BCUT2D eigenvalue weighted by atomic mass is 10.1. The molecule has 1 aliphatic rings. The summed E-state index contributed by atoms with van der Waals surface area (Å²) in [6.45, 7) is 21.8. The van der Waals surface area contributed by atoms with Gasteiger partial charge >= 0.3 is 21.8 Å². The van der Waals surface area contributed by atoms with Crippen molar-refractivity contribution in [3.63, 3.8) is 0 Å². The summed E-state index contributed by atoms with van der Waals surface area (Å²) in [5.74, 6) is 0. The molecule has 0 saturated carbocycles. The summed E-state index contributed by atoms with van der Waals surface area (Å²) >= 11 is 0. The van der Waals surface area contributed by atoms with Crippen LogP contribution >= 0.6 is 0 Å². The predicted molar refractivity (Wildman–Crippen MR) is 184 cm³/mol. The highest BCUT2D eigenvalue weighted by molar-refractivity contribution is 7.88. The van der Waals surface area contributed by atoms with E-state index in [0.717, 1.165) is 17.3 Å². The zero-order valence-electron chi connectivity index (χ0n) is 29.9. The Morgan fingerprint density at radius 2 is 1.59 bits per heavy atom. The molecule has 8 nitrogen and oxygen atoms in total. The molecule has 0 amide bonds. The van der Waals surface area contributed by atoms with Gasteiger partial charge in [-0.1, -0.05) is 47.6 Å². The number of nitrogens with one attached hydrogen (secondary N) is 1. The van der Waals surface area contributed by atoms with E-state index in [4.69, 9.17) is 9.69 Å². The number of nitrogens with zero attached hydrogens (tertiary/aromatic N) is 3. The number of aromatic nitrogens is 2. The van der Waals surface area contributed by atoms with Crippen LogP contribution in [0.3, 0.4) is 0 Å². The number of anilines is 1. The Hall–Kier alpha value is -2.66. The second-order valence-electron chi connectivity index (χ2n) is 15.2. The summed E-state index contributed by atoms with van der Waals surface area (Å²) in [7, 11) is -10.3. The molecule has 49 heavy (non-hydrogen) atoms. The first-order chi connectivity index (χ1) is 21.9. The number of nitriles is 1. The van der Waals surface area contributed by atoms with Crippen LogP contribution in [-0.2, 0) is 31.1 Å². The fraction of sp³-hybridized carbons (Fsp3) is 0.625. The molecule has 2 aromatic rings. The average Bonchev–Trinajstić information content (AvgIpc) is 3.55. The van der Waals surface area contributed by atoms with Crippen LogP contribution in [0.5, 0.6) is 0 Å². The molecule has 1 aliphatic carbocycles. The summed E-state index contributed by atoms with van der Waals surface area (Å²) < 4.78 is 111. The Bertz CT molecular complexity index is 1630. The number of rotatable bonds is 9. The van der Waals surface area contributed by atoms with E-state index in [1.165, 1.54) is 25.2 Å². The fourth-order valence-electron chi connectivity index (χ4n) is 4.41. The lowest BCUT2D eigenvalue weighted by molar-refractivity contribution is -0.137. The Kier molecular flexibility index (Phi) is 12.9. The van der Waals surface area contributed by atoms with Gasteiger partial charge in [0.2, 0.25) is 8.32 Å². The monoisotopic (exact) mass is 754 g/mol. The van der Waals surface area contributed by atoms with Gasteiger partial charge in [0.15, 0.2) is 8.32 Å². The van der Waals surface area contributed by atoms with Crippen LogP contribution < -0.4 is 5.32 Å². The van der Waals surface area contributed by atoms with E-state index in [0.29, 0.717) is 25.1 Å². The third-order valence-corrected chi connectivity index (χ3v) is 20.5. The molecular weight excluding hydrogens is 707 g/mol. The van der Waals surface area contributed by atoms with Crippen LogP contribution in [0.1, 0.15) is 78.1 Å². The quantitative estimate of drug-likeness (QED) is 0.154. The third-order valence-electron chi connectivity index (χ3n) is 9.14. The zero-order chi connectivity index (χ0) is 38.0. The highest BCUT2D eigenvalue weighted by atomic mass is 32.2. The second kappa shape index (κ2) is 14.9. The standard InChI is InChI=1S/C25H33F3N4OSi.C7H15F3O3SSi/c1-17(33-34(5,6)24(2,3)4)15-32-16-30-14-23(32)18-7-9-20(11-18)31-21-10-8-19(13-29)22(12-21)25(26,27)28;1-6(2,3)15(4,5)13-14(11,12)7(8,9)10/h7-8,10,12,14,16-17,20,31H,9,11,15H2,1-6H3;1-5H3. The van der Waals surface area contributed by atoms with Crippen molar-refractivity contribution in [3.05, 3.63) is 53.6 Å². The van der Waals surface area contributed by atoms with Gasteiger partial charge in [-0.25, -0.2) is 4.98 Å². The second-order valence-corrected chi connectivity index (χ2v) is 26.6. The van der Waals surface area contributed by atoms with Crippen molar-refractivity contribution in [3.8, 4) is 6.07 Å². The molecule has 276 valence electrons. The molecule has 0 fully saturated rings. The van der Waals surface area contributed by atoms with Crippen LogP contribution in [0.4, 0.5) is 32.0 Å². The van der Waals surface area contributed by atoms with Gasteiger partial charge < -0.3 is 18.2 Å². The van der Waals surface area contributed by atoms with Crippen LogP contribution in [0.25, 0.3) is 5.57 Å². The summed E-state index contributed by atoms with van der Waals surface area (Å²) in [5.41, 5.74) is -4.16. The van der Waals surface area contributed by atoms with E-state index in [1.807, 2.05) is 6.20 Å². The van der Waals surface area contributed by atoms with Crippen LogP contribution in [0.2, 0.25) is 36.3 Å². The number of hydrogen-bond acceptors (Lipinski definition) is 7. The summed E-state index contributed by atoms with van der Waals surface area (Å²) in [4.78, 5) is 4.33. The molecule has 1 aromatic carbocycles. The third kappa shape index (κ3) is 11.2. The lowest BCUT2D eigenvalue weighted by Gasteiger charge is -2.38. The van der Waals surface area contributed by atoms with Gasteiger partial charge in [0, 0.05) is 18.3 Å². The van der Waals surface area contributed by atoms with E-state index in [2.05, 4.69) is 65.6 Å². The number of benzene rings is 1. The van der Waals surface area contributed by atoms with Crippen molar-refractivity contribution in [2.45, 2.75) is 128 Å². The van der Waals surface area contributed by atoms with Gasteiger partial charge in [0.25, 0.3) is 0 Å². The molecule has 0 bridgehead atoms. The van der Waals surface area contributed by atoms with Gasteiger partial charge in [-0.15, -0.1) is 0 Å². The molecule has 2 unspecified atom stereocenters. The highest BCUT2D eigenvalue weighted by Gasteiger charge is 2.53. The molecule has 0 saturated heterocycles. The Morgan fingerprint density at radius 1 is 1.02 bits per heavy atom. The molecule has 3 rings (SSSR count). The smallest absolute Gasteiger partial charge is 0.412 e.